The maximum absolute atomic E-state index is 14.5. The third kappa shape index (κ3) is 4.00. The molecule has 0 atom stereocenters. The third-order valence-electron chi connectivity index (χ3n) is 3.97. The number of ether oxygens (including phenoxy) is 1. The van der Waals surface area contributed by atoms with Gasteiger partial charge in [0, 0.05) is 5.56 Å². The Morgan fingerprint density at radius 3 is 1.81 bits per heavy atom. The lowest BCUT2D eigenvalue weighted by Crippen LogP contribution is -2.06. The summed E-state index contributed by atoms with van der Waals surface area (Å²) in [7, 11) is 0. The van der Waals surface area contributed by atoms with Gasteiger partial charge in [-0.05, 0) is 40.5 Å². The smallest absolute Gasteiger partial charge is 0.387 e. The van der Waals surface area contributed by atoms with E-state index >= 15 is 0 Å². The number of alkyl halides is 2. The molecule has 0 aliphatic heterocycles. The Morgan fingerprint density at radius 2 is 1.30 bits per heavy atom. The van der Waals surface area contributed by atoms with E-state index in [0.29, 0.717) is 5.56 Å². The summed E-state index contributed by atoms with van der Waals surface area (Å²) < 4.78 is 70.5. The number of hydrogen-bond acceptors (Lipinski definition) is 1. The lowest BCUT2D eigenvalue weighted by atomic mass is 9.98. The first-order valence-corrected chi connectivity index (χ1v) is 7.85. The molecule has 3 aromatic rings. The van der Waals surface area contributed by atoms with Crippen LogP contribution in [0.15, 0.2) is 61.2 Å². The Bertz CT molecular complexity index is 957. The summed E-state index contributed by atoms with van der Waals surface area (Å²) in [6.07, 6.45) is 1.68. The molecule has 0 aliphatic rings. The van der Waals surface area contributed by atoms with Crippen molar-refractivity contribution < 1.29 is 26.7 Å². The molecule has 0 aromatic heterocycles. The van der Waals surface area contributed by atoms with Crippen LogP contribution in [0.5, 0.6) is 5.75 Å². The lowest BCUT2D eigenvalue weighted by Gasteiger charge is -2.11. The molecule has 3 aromatic carbocycles. The normalized spacial score (nSPS) is 10.9. The van der Waals surface area contributed by atoms with Crippen molar-refractivity contribution >= 4 is 6.08 Å². The molecule has 0 aliphatic carbocycles. The third-order valence-corrected chi connectivity index (χ3v) is 3.97. The van der Waals surface area contributed by atoms with Crippen molar-refractivity contribution in [2.24, 2.45) is 0 Å². The summed E-state index contributed by atoms with van der Waals surface area (Å²) >= 11 is 0. The SMILES string of the molecule is C=Cc1ccc(-c2ccc(-c3cc(F)c(OC(F)F)c(F)c3)c(F)c2)cc1. The second-order valence-electron chi connectivity index (χ2n) is 5.67. The van der Waals surface area contributed by atoms with Gasteiger partial charge in [-0.3, -0.25) is 0 Å². The molecule has 0 fully saturated rings. The van der Waals surface area contributed by atoms with Crippen molar-refractivity contribution in [3.8, 4) is 28.0 Å². The maximum Gasteiger partial charge on any atom is 0.387 e. The number of benzene rings is 3. The van der Waals surface area contributed by atoms with E-state index < -0.39 is 29.8 Å². The Balaban J connectivity index is 1.97. The lowest BCUT2D eigenvalue weighted by molar-refractivity contribution is -0.0546. The second kappa shape index (κ2) is 7.61. The van der Waals surface area contributed by atoms with E-state index in [1.165, 1.54) is 12.1 Å². The van der Waals surface area contributed by atoms with Gasteiger partial charge >= 0.3 is 6.61 Å². The van der Waals surface area contributed by atoms with Gasteiger partial charge in [0.25, 0.3) is 0 Å². The average Bonchev–Trinajstić information content (AvgIpc) is 2.64. The molecule has 138 valence electrons. The number of hydrogen-bond donors (Lipinski definition) is 0. The molecule has 0 bridgehead atoms. The average molecular weight is 376 g/mol. The highest BCUT2D eigenvalue weighted by molar-refractivity contribution is 5.72. The van der Waals surface area contributed by atoms with Crippen LogP contribution in [0.4, 0.5) is 22.0 Å². The van der Waals surface area contributed by atoms with Crippen LogP contribution >= 0.6 is 0 Å². The van der Waals surface area contributed by atoms with E-state index in [-0.39, 0.29) is 11.1 Å². The molecule has 0 unspecified atom stereocenters. The molecule has 0 N–H and O–H groups in total. The van der Waals surface area contributed by atoms with Gasteiger partial charge in [0.05, 0.1) is 0 Å². The number of halogens is 5. The van der Waals surface area contributed by atoms with E-state index in [0.717, 1.165) is 23.3 Å². The van der Waals surface area contributed by atoms with Gasteiger partial charge in [-0.25, -0.2) is 13.2 Å². The van der Waals surface area contributed by atoms with Crippen molar-refractivity contribution in [2.75, 3.05) is 0 Å². The van der Waals surface area contributed by atoms with Crippen LogP contribution in [-0.2, 0) is 0 Å². The van der Waals surface area contributed by atoms with Crippen LogP contribution in [0.25, 0.3) is 28.3 Å². The second-order valence-corrected chi connectivity index (χ2v) is 5.67. The summed E-state index contributed by atoms with van der Waals surface area (Å²) in [6.45, 7) is 0.285. The predicted molar refractivity (Wildman–Crippen MR) is 93.9 cm³/mol. The van der Waals surface area contributed by atoms with Crippen LogP contribution in [0.1, 0.15) is 5.56 Å². The first-order chi connectivity index (χ1) is 12.9. The largest absolute Gasteiger partial charge is 0.429 e. The standard InChI is InChI=1S/C21H13F5O/c1-2-12-3-5-13(6-4-12)14-7-8-16(17(22)9-14)15-10-18(23)20(19(24)11-15)27-21(25)26/h2-11,21H,1H2. The zero-order chi connectivity index (χ0) is 19.6. The van der Waals surface area contributed by atoms with Gasteiger partial charge < -0.3 is 4.74 Å². The molecule has 0 heterocycles. The van der Waals surface area contributed by atoms with Gasteiger partial charge in [0.15, 0.2) is 17.4 Å². The quantitative estimate of drug-likeness (QED) is 0.451. The molecule has 27 heavy (non-hydrogen) atoms. The summed E-state index contributed by atoms with van der Waals surface area (Å²) in [6, 6.07) is 12.9. The minimum atomic E-state index is -3.37. The fraction of sp³-hybridized carbons (Fsp3) is 0.0476. The van der Waals surface area contributed by atoms with Crippen molar-refractivity contribution in [3.05, 3.63) is 84.2 Å². The number of rotatable bonds is 5. The van der Waals surface area contributed by atoms with E-state index in [1.807, 2.05) is 12.1 Å². The summed E-state index contributed by atoms with van der Waals surface area (Å²) in [5.74, 6) is -4.59. The molecular weight excluding hydrogens is 363 g/mol. The molecule has 0 radical (unpaired) electrons. The van der Waals surface area contributed by atoms with Crippen LogP contribution in [0.2, 0.25) is 0 Å². The van der Waals surface area contributed by atoms with Crippen molar-refractivity contribution in [2.45, 2.75) is 6.61 Å². The summed E-state index contributed by atoms with van der Waals surface area (Å²) in [5, 5.41) is 0. The molecule has 0 spiro atoms. The highest BCUT2D eigenvalue weighted by Gasteiger charge is 2.18. The monoisotopic (exact) mass is 376 g/mol. The Morgan fingerprint density at radius 1 is 0.741 bits per heavy atom. The van der Waals surface area contributed by atoms with Gasteiger partial charge in [0.2, 0.25) is 0 Å². The fourth-order valence-corrected chi connectivity index (χ4v) is 2.66. The predicted octanol–water partition coefficient (Wildman–Crippen LogP) is 6.68. The van der Waals surface area contributed by atoms with E-state index in [2.05, 4.69) is 11.3 Å². The highest BCUT2D eigenvalue weighted by atomic mass is 19.3. The molecule has 1 nitrogen and oxygen atoms in total. The summed E-state index contributed by atoms with van der Waals surface area (Å²) in [5.41, 5.74) is 2.04. The van der Waals surface area contributed by atoms with Crippen LogP contribution in [0, 0.1) is 17.5 Å². The van der Waals surface area contributed by atoms with E-state index in [1.54, 1.807) is 24.3 Å². The van der Waals surface area contributed by atoms with Gasteiger partial charge in [-0.1, -0.05) is 49.1 Å². The Labute approximate surface area is 152 Å². The van der Waals surface area contributed by atoms with E-state index in [9.17, 15) is 22.0 Å². The zero-order valence-corrected chi connectivity index (χ0v) is 13.9. The minimum Gasteiger partial charge on any atom is -0.429 e. The first kappa shape index (κ1) is 18.6. The van der Waals surface area contributed by atoms with Crippen LogP contribution in [-0.4, -0.2) is 6.61 Å². The molecular formula is C21H13F5O. The molecule has 3 rings (SSSR count). The minimum absolute atomic E-state index is 0.0668. The van der Waals surface area contributed by atoms with Gasteiger partial charge in [0.1, 0.15) is 5.82 Å². The summed E-state index contributed by atoms with van der Waals surface area (Å²) in [4.78, 5) is 0. The van der Waals surface area contributed by atoms with Crippen LogP contribution in [0.3, 0.4) is 0 Å². The van der Waals surface area contributed by atoms with Gasteiger partial charge in [-0.15, -0.1) is 0 Å². The van der Waals surface area contributed by atoms with E-state index in [4.69, 9.17) is 0 Å². The highest BCUT2D eigenvalue weighted by Crippen LogP contribution is 2.33. The van der Waals surface area contributed by atoms with Crippen molar-refractivity contribution in [1.82, 2.24) is 0 Å². The Kier molecular flexibility index (Phi) is 5.26. The molecule has 0 saturated heterocycles. The van der Waals surface area contributed by atoms with Crippen molar-refractivity contribution in [3.63, 3.8) is 0 Å². The van der Waals surface area contributed by atoms with Crippen molar-refractivity contribution in [1.29, 1.82) is 0 Å². The fourth-order valence-electron chi connectivity index (χ4n) is 2.66. The maximum atomic E-state index is 14.5. The molecule has 6 heteroatoms. The Hall–Kier alpha value is -3.15. The van der Waals surface area contributed by atoms with Crippen LogP contribution < -0.4 is 4.74 Å². The molecule has 0 amide bonds. The van der Waals surface area contributed by atoms with Gasteiger partial charge in [-0.2, -0.15) is 8.78 Å². The molecule has 0 saturated carbocycles. The topological polar surface area (TPSA) is 9.23 Å². The first-order valence-electron chi connectivity index (χ1n) is 7.85. The zero-order valence-electron chi connectivity index (χ0n) is 13.9.